The normalized spacial score (nSPS) is 21.7. The highest BCUT2D eigenvalue weighted by Crippen LogP contribution is 2.34. The van der Waals surface area contributed by atoms with E-state index in [0.717, 1.165) is 78.0 Å². The summed E-state index contributed by atoms with van der Waals surface area (Å²) in [6, 6.07) is 11.5. The Morgan fingerprint density at radius 3 is 2.65 bits per heavy atom. The molecule has 34 heavy (non-hydrogen) atoms. The molecule has 8 nitrogen and oxygen atoms in total. The van der Waals surface area contributed by atoms with E-state index in [1.165, 1.54) is 12.8 Å². The third-order valence-electron chi connectivity index (χ3n) is 7.27. The number of ether oxygens (including phenoxy) is 2. The number of morpholine rings is 1. The molecule has 0 atom stereocenters. The summed E-state index contributed by atoms with van der Waals surface area (Å²) in [5.41, 5.74) is 4.09. The van der Waals surface area contributed by atoms with Crippen LogP contribution in [0.3, 0.4) is 0 Å². The fraction of sp³-hybridized carbons (Fsp3) is 0.423. The zero-order valence-electron chi connectivity index (χ0n) is 19.5. The second kappa shape index (κ2) is 9.19. The molecular formula is C26H30N6O2. The van der Waals surface area contributed by atoms with E-state index >= 15 is 0 Å². The molecule has 6 rings (SSSR count). The number of hydrogen-bond donors (Lipinski definition) is 2. The number of pyridine rings is 1. The Hall–Kier alpha value is -3.23. The van der Waals surface area contributed by atoms with Crippen molar-refractivity contribution in [2.45, 2.75) is 37.8 Å². The van der Waals surface area contributed by atoms with Gasteiger partial charge in [0, 0.05) is 48.3 Å². The lowest BCUT2D eigenvalue weighted by molar-refractivity contribution is 0.00791. The summed E-state index contributed by atoms with van der Waals surface area (Å²) in [6.07, 6.45) is 8.16. The van der Waals surface area contributed by atoms with Crippen molar-refractivity contribution >= 4 is 27.8 Å². The summed E-state index contributed by atoms with van der Waals surface area (Å²) in [5.74, 6) is 1.52. The number of methoxy groups -OCH3 is 1. The van der Waals surface area contributed by atoms with Gasteiger partial charge in [0.05, 0.1) is 25.7 Å². The first-order valence-corrected chi connectivity index (χ1v) is 12.1. The first-order valence-electron chi connectivity index (χ1n) is 12.1. The van der Waals surface area contributed by atoms with E-state index in [9.17, 15) is 0 Å². The lowest BCUT2D eigenvalue weighted by Crippen LogP contribution is -2.46. The van der Waals surface area contributed by atoms with Gasteiger partial charge < -0.3 is 19.8 Å². The molecule has 8 heteroatoms. The van der Waals surface area contributed by atoms with Crippen LogP contribution in [0.5, 0.6) is 5.88 Å². The van der Waals surface area contributed by atoms with Gasteiger partial charge >= 0.3 is 0 Å². The van der Waals surface area contributed by atoms with Crippen molar-refractivity contribution in [3.05, 3.63) is 42.9 Å². The minimum Gasteiger partial charge on any atom is -0.481 e. The maximum atomic E-state index is 5.53. The number of nitrogens with zero attached hydrogens (tertiary/aromatic N) is 4. The molecule has 1 aliphatic heterocycles. The van der Waals surface area contributed by atoms with E-state index in [2.05, 4.69) is 48.4 Å². The monoisotopic (exact) mass is 458 g/mol. The van der Waals surface area contributed by atoms with Gasteiger partial charge in [-0.1, -0.05) is 6.07 Å². The second-order valence-electron chi connectivity index (χ2n) is 9.22. The van der Waals surface area contributed by atoms with Gasteiger partial charge in [0.25, 0.3) is 0 Å². The van der Waals surface area contributed by atoms with Gasteiger partial charge in [0.15, 0.2) is 0 Å². The Labute approximate surface area is 198 Å². The molecule has 0 amide bonds. The summed E-state index contributed by atoms with van der Waals surface area (Å²) in [7, 11) is 1.64. The molecule has 1 aliphatic carbocycles. The topological polar surface area (TPSA) is 88.2 Å². The summed E-state index contributed by atoms with van der Waals surface area (Å²) >= 11 is 0. The zero-order chi connectivity index (χ0) is 22.9. The number of fused-ring (bicyclic) bond motifs is 3. The summed E-state index contributed by atoms with van der Waals surface area (Å²) < 4.78 is 10.8. The minimum absolute atomic E-state index is 0.424. The van der Waals surface area contributed by atoms with Crippen LogP contribution in [0, 0.1) is 0 Å². The highest BCUT2D eigenvalue weighted by molar-refractivity contribution is 6.12. The highest BCUT2D eigenvalue weighted by atomic mass is 16.5. The molecule has 4 heterocycles. The van der Waals surface area contributed by atoms with Crippen molar-refractivity contribution in [1.82, 2.24) is 24.8 Å². The number of anilines is 1. The number of hydrogen-bond acceptors (Lipinski definition) is 7. The maximum Gasteiger partial charge on any atom is 0.213 e. The smallest absolute Gasteiger partial charge is 0.213 e. The molecule has 1 saturated carbocycles. The fourth-order valence-electron chi connectivity index (χ4n) is 5.43. The first-order chi connectivity index (χ1) is 16.8. The maximum absolute atomic E-state index is 5.53. The Bertz CT molecular complexity index is 1290. The van der Waals surface area contributed by atoms with Gasteiger partial charge in [-0.05, 0) is 55.0 Å². The highest BCUT2D eigenvalue weighted by Gasteiger charge is 2.27. The van der Waals surface area contributed by atoms with Crippen LogP contribution in [-0.2, 0) is 4.74 Å². The van der Waals surface area contributed by atoms with E-state index in [1.54, 1.807) is 19.6 Å². The number of rotatable bonds is 5. The Morgan fingerprint density at radius 1 is 1.00 bits per heavy atom. The summed E-state index contributed by atoms with van der Waals surface area (Å²) in [6.45, 7) is 3.87. The van der Waals surface area contributed by atoms with Crippen molar-refractivity contribution < 1.29 is 9.47 Å². The minimum atomic E-state index is 0.424. The van der Waals surface area contributed by atoms with Gasteiger partial charge in [-0.15, -0.1) is 0 Å². The molecule has 0 bridgehead atoms. The first kappa shape index (κ1) is 21.3. The molecule has 1 saturated heterocycles. The molecule has 176 valence electrons. The standard InChI is InChI=1S/C26H30N6O2/c1-33-23-15-18(8-9-27-23)17-2-7-22-21(14-17)24-25(28-16-29-26(24)31-22)30-19-3-5-20(6-4-19)32-10-12-34-13-11-32/h2,7-9,14-16,19-20H,3-6,10-13H2,1H3,(H2,28,29,30,31). The van der Waals surface area contributed by atoms with E-state index < -0.39 is 0 Å². The van der Waals surface area contributed by atoms with Crippen LogP contribution in [0.25, 0.3) is 33.1 Å². The summed E-state index contributed by atoms with van der Waals surface area (Å²) in [5, 5.41) is 5.93. The molecule has 2 aliphatic rings. The number of nitrogens with one attached hydrogen (secondary N) is 2. The molecule has 0 spiro atoms. The van der Waals surface area contributed by atoms with Crippen LogP contribution >= 0.6 is 0 Å². The predicted molar refractivity (Wildman–Crippen MR) is 133 cm³/mol. The van der Waals surface area contributed by atoms with Crippen LogP contribution in [0.2, 0.25) is 0 Å². The summed E-state index contributed by atoms with van der Waals surface area (Å²) in [4.78, 5) is 19.5. The molecule has 1 aromatic carbocycles. The number of H-pyrrole nitrogens is 1. The Balaban J connectivity index is 1.27. The van der Waals surface area contributed by atoms with Crippen molar-refractivity contribution in [2.75, 3.05) is 38.7 Å². The van der Waals surface area contributed by atoms with Crippen LogP contribution in [0.15, 0.2) is 42.9 Å². The zero-order valence-corrected chi connectivity index (χ0v) is 19.5. The van der Waals surface area contributed by atoms with Crippen LogP contribution in [0.1, 0.15) is 25.7 Å². The molecule has 0 unspecified atom stereocenters. The van der Waals surface area contributed by atoms with Gasteiger partial charge in [-0.2, -0.15) is 0 Å². The molecule has 4 aromatic rings. The number of benzene rings is 1. The average Bonchev–Trinajstić information content (AvgIpc) is 3.28. The lowest BCUT2D eigenvalue weighted by atomic mass is 9.90. The third-order valence-corrected chi connectivity index (χ3v) is 7.27. The second-order valence-corrected chi connectivity index (χ2v) is 9.22. The lowest BCUT2D eigenvalue weighted by Gasteiger charge is -2.39. The molecule has 2 N–H and O–H groups in total. The van der Waals surface area contributed by atoms with Crippen LogP contribution < -0.4 is 10.1 Å². The fourth-order valence-corrected chi connectivity index (χ4v) is 5.43. The van der Waals surface area contributed by atoms with E-state index in [-0.39, 0.29) is 0 Å². The van der Waals surface area contributed by atoms with Crippen molar-refractivity contribution in [3.63, 3.8) is 0 Å². The molecule has 0 radical (unpaired) electrons. The van der Waals surface area contributed by atoms with Crippen LogP contribution in [0.4, 0.5) is 5.82 Å². The van der Waals surface area contributed by atoms with Gasteiger partial charge in [-0.25, -0.2) is 15.0 Å². The predicted octanol–water partition coefficient (Wildman–Crippen LogP) is 4.24. The molecule has 2 fully saturated rings. The van der Waals surface area contributed by atoms with Gasteiger partial charge in [0.1, 0.15) is 17.8 Å². The van der Waals surface area contributed by atoms with E-state index in [1.807, 2.05) is 12.1 Å². The largest absolute Gasteiger partial charge is 0.481 e. The number of aromatic amines is 1. The van der Waals surface area contributed by atoms with Crippen LogP contribution in [-0.4, -0.2) is 70.3 Å². The average molecular weight is 459 g/mol. The van der Waals surface area contributed by atoms with Gasteiger partial charge in [-0.3, -0.25) is 4.90 Å². The Kier molecular flexibility index (Phi) is 5.76. The van der Waals surface area contributed by atoms with E-state index in [4.69, 9.17) is 9.47 Å². The third kappa shape index (κ3) is 4.08. The molecule has 3 aromatic heterocycles. The van der Waals surface area contributed by atoms with Crippen molar-refractivity contribution in [3.8, 4) is 17.0 Å². The van der Waals surface area contributed by atoms with E-state index in [0.29, 0.717) is 18.0 Å². The number of aromatic nitrogens is 4. The Morgan fingerprint density at radius 2 is 1.82 bits per heavy atom. The van der Waals surface area contributed by atoms with Crippen molar-refractivity contribution in [1.29, 1.82) is 0 Å². The van der Waals surface area contributed by atoms with Gasteiger partial charge in [0.2, 0.25) is 5.88 Å². The van der Waals surface area contributed by atoms with Crippen molar-refractivity contribution in [2.24, 2.45) is 0 Å². The quantitative estimate of drug-likeness (QED) is 0.462. The molecular weight excluding hydrogens is 428 g/mol. The SMILES string of the molecule is COc1cc(-c2ccc3[nH]c4ncnc(NC5CCC(N6CCOCC6)CC5)c4c3c2)ccn1.